The van der Waals surface area contributed by atoms with E-state index in [2.05, 4.69) is 14.2 Å². The van der Waals surface area contributed by atoms with Gasteiger partial charge in [-0.3, -0.25) is 4.79 Å². The van der Waals surface area contributed by atoms with E-state index in [-0.39, 0.29) is 12.8 Å². The van der Waals surface area contributed by atoms with Crippen LogP contribution in [0, 0.1) is 35.5 Å². The summed E-state index contributed by atoms with van der Waals surface area (Å²) in [5, 5.41) is 0. The molecule has 2 bridgehead atoms. The topological polar surface area (TPSA) is 44.8 Å². The molecule has 0 spiro atoms. The molecule has 16 heteroatoms. The zero-order valence-electron chi connectivity index (χ0n) is 21.4. The number of halogens is 12. The first-order valence-electron chi connectivity index (χ1n) is 12.3. The van der Waals surface area contributed by atoms with Gasteiger partial charge in [0.15, 0.2) is 0 Å². The molecule has 4 nitrogen and oxygen atoms in total. The van der Waals surface area contributed by atoms with Crippen molar-refractivity contribution in [3.63, 3.8) is 0 Å². The summed E-state index contributed by atoms with van der Waals surface area (Å²) >= 11 is 0. The van der Waals surface area contributed by atoms with Gasteiger partial charge in [0.2, 0.25) is 0 Å². The Balaban J connectivity index is 3.08. The van der Waals surface area contributed by atoms with Crippen LogP contribution in [-0.4, -0.2) is 55.3 Å². The van der Waals surface area contributed by atoms with Gasteiger partial charge in [0.25, 0.3) is 5.60 Å². The lowest BCUT2D eigenvalue weighted by atomic mass is 9.56. The highest BCUT2D eigenvalue weighted by Gasteiger charge is 2.88. The third-order valence-corrected chi connectivity index (χ3v) is 8.21. The number of alkyl halides is 12. The van der Waals surface area contributed by atoms with E-state index < -0.39 is 104 Å². The number of fused-ring (bicyclic) bond motifs is 2. The van der Waals surface area contributed by atoms with E-state index in [1.54, 1.807) is 0 Å². The van der Waals surface area contributed by atoms with Crippen LogP contribution in [0.15, 0.2) is 0 Å². The van der Waals surface area contributed by atoms with Crippen molar-refractivity contribution in [1.82, 2.24) is 0 Å². The molecular weight excluding hydrogens is 568 g/mol. The smallest absolute Gasteiger partial charge is 0.437 e. The van der Waals surface area contributed by atoms with Gasteiger partial charge in [-0.05, 0) is 37.0 Å². The molecule has 2 saturated carbocycles. The molecule has 0 radical (unpaired) electrons. The Kier molecular flexibility index (Phi) is 9.60. The van der Waals surface area contributed by atoms with Crippen LogP contribution in [-0.2, 0) is 19.0 Å². The van der Waals surface area contributed by atoms with Gasteiger partial charge in [0.05, 0.1) is 0 Å². The van der Waals surface area contributed by atoms with Crippen LogP contribution in [0.3, 0.4) is 0 Å². The van der Waals surface area contributed by atoms with Gasteiger partial charge in [-0.25, -0.2) is 0 Å². The van der Waals surface area contributed by atoms with Gasteiger partial charge in [0.1, 0.15) is 6.79 Å². The first kappa shape index (κ1) is 33.8. The SMILES string of the molecule is CCOCOC(C1C2CC(C(CC)C2CC)C1C(OC(=O)CC)(C(F)(F)F)C(F)(F)F)(C(F)(F)F)C(F)(F)F. The normalized spacial score (nSPS) is 28.7. The molecule has 2 rings (SSSR count). The van der Waals surface area contributed by atoms with Gasteiger partial charge < -0.3 is 14.2 Å². The molecular formula is C23H30F12O4. The number of ether oxygens (including phenoxy) is 3. The monoisotopic (exact) mass is 598 g/mol. The molecule has 0 aromatic rings. The van der Waals surface area contributed by atoms with E-state index >= 15 is 0 Å². The Morgan fingerprint density at radius 2 is 1.05 bits per heavy atom. The number of rotatable bonds is 10. The highest BCUT2D eigenvalue weighted by Crippen LogP contribution is 2.73. The van der Waals surface area contributed by atoms with Crippen LogP contribution in [0.2, 0.25) is 0 Å². The Bertz CT molecular complexity index is 820. The van der Waals surface area contributed by atoms with Crippen LogP contribution in [0.5, 0.6) is 0 Å². The molecule has 0 aromatic heterocycles. The second kappa shape index (κ2) is 11.1. The van der Waals surface area contributed by atoms with E-state index in [0.29, 0.717) is 0 Å². The van der Waals surface area contributed by atoms with Gasteiger partial charge in [0, 0.05) is 24.9 Å². The molecule has 2 aliphatic rings. The average Bonchev–Trinajstić information content (AvgIpc) is 3.32. The van der Waals surface area contributed by atoms with Gasteiger partial charge in [-0.15, -0.1) is 0 Å². The molecule has 0 amide bonds. The standard InChI is InChI=1S/C23H30F12O4/c1-5-11-12(6-2)14-9-13(11)16(18(20(24,25)26,21(27,28)29)38-10-37-8-4)17(14)19(22(30,31)32,23(33,34)35)39-15(36)7-3/h11-14,16-17H,5-10H2,1-4H3. The van der Waals surface area contributed by atoms with Crippen molar-refractivity contribution in [2.45, 2.75) is 89.3 Å². The molecule has 6 unspecified atom stereocenters. The summed E-state index contributed by atoms with van der Waals surface area (Å²) in [5.41, 5.74) is -11.2. The fourth-order valence-corrected chi connectivity index (χ4v) is 6.97. The molecule has 0 saturated heterocycles. The summed E-state index contributed by atoms with van der Waals surface area (Å²) in [6, 6.07) is 0. The quantitative estimate of drug-likeness (QED) is 0.112. The minimum absolute atomic E-state index is 0.111. The molecule has 39 heavy (non-hydrogen) atoms. The lowest BCUT2D eigenvalue weighted by molar-refractivity contribution is -0.441. The molecule has 230 valence electrons. The Hall–Kier alpha value is -1.45. The molecule has 0 aliphatic heterocycles. The maximum absolute atomic E-state index is 14.6. The van der Waals surface area contributed by atoms with Crippen molar-refractivity contribution in [3.8, 4) is 0 Å². The maximum Gasteiger partial charge on any atom is 0.437 e. The van der Waals surface area contributed by atoms with Crippen LogP contribution in [0.4, 0.5) is 52.7 Å². The third-order valence-electron chi connectivity index (χ3n) is 8.21. The first-order chi connectivity index (χ1) is 17.6. The van der Waals surface area contributed by atoms with Crippen LogP contribution >= 0.6 is 0 Å². The number of esters is 1. The molecule has 0 heterocycles. The zero-order chi connectivity index (χ0) is 30.4. The minimum Gasteiger partial charge on any atom is -0.439 e. The molecule has 6 atom stereocenters. The van der Waals surface area contributed by atoms with Crippen LogP contribution in [0.25, 0.3) is 0 Å². The highest BCUT2D eigenvalue weighted by molar-refractivity contribution is 5.69. The summed E-state index contributed by atoms with van der Waals surface area (Å²) in [4.78, 5) is 12.0. The number of hydrogen-bond acceptors (Lipinski definition) is 4. The van der Waals surface area contributed by atoms with Crippen molar-refractivity contribution in [1.29, 1.82) is 0 Å². The summed E-state index contributed by atoms with van der Waals surface area (Å²) < 4.78 is 188. The van der Waals surface area contributed by atoms with E-state index in [1.807, 2.05) is 0 Å². The minimum atomic E-state index is -6.63. The van der Waals surface area contributed by atoms with Crippen molar-refractivity contribution in [3.05, 3.63) is 0 Å². The first-order valence-corrected chi connectivity index (χ1v) is 12.3. The van der Waals surface area contributed by atoms with E-state index in [1.165, 1.54) is 20.8 Å². The van der Waals surface area contributed by atoms with Gasteiger partial charge >= 0.3 is 36.3 Å². The largest absolute Gasteiger partial charge is 0.439 e. The Morgan fingerprint density at radius 3 is 1.36 bits per heavy atom. The van der Waals surface area contributed by atoms with E-state index in [9.17, 15) is 57.5 Å². The van der Waals surface area contributed by atoms with Gasteiger partial charge in [-0.2, -0.15) is 52.7 Å². The van der Waals surface area contributed by atoms with Crippen molar-refractivity contribution >= 4 is 5.97 Å². The van der Waals surface area contributed by atoms with E-state index in [0.717, 1.165) is 6.92 Å². The zero-order valence-corrected chi connectivity index (χ0v) is 21.4. The summed E-state index contributed by atoms with van der Waals surface area (Å²) in [6.07, 6.45) is -28.4. The van der Waals surface area contributed by atoms with Crippen molar-refractivity contribution in [2.75, 3.05) is 13.4 Å². The predicted octanol–water partition coefficient (Wildman–Crippen LogP) is 7.61. The van der Waals surface area contributed by atoms with Crippen molar-refractivity contribution in [2.24, 2.45) is 35.5 Å². The van der Waals surface area contributed by atoms with Crippen LogP contribution < -0.4 is 0 Å². The number of carbonyl (C=O) groups excluding carboxylic acids is 1. The maximum atomic E-state index is 14.6. The Morgan fingerprint density at radius 1 is 0.667 bits per heavy atom. The highest BCUT2D eigenvalue weighted by atomic mass is 19.4. The molecule has 0 aromatic carbocycles. The van der Waals surface area contributed by atoms with E-state index in [4.69, 9.17) is 0 Å². The fraction of sp³-hybridized carbons (Fsp3) is 0.957. The number of carbonyl (C=O) groups is 1. The summed E-state index contributed by atoms with van der Waals surface area (Å²) in [5.74, 6) is -15.1. The second-order valence-corrected chi connectivity index (χ2v) is 9.80. The third kappa shape index (κ3) is 5.21. The van der Waals surface area contributed by atoms with Crippen molar-refractivity contribution < 1.29 is 71.7 Å². The second-order valence-electron chi connectivity index (χ2n) is 9.80. The van der Waals surface area contributed by atoms with Gasteiger partial charge in [-0.1, -0.05) is 33.6 Å². The summed E-state index contributed by atoms with van der Waals surface area (Å²) in [7, 11) is 0. The molecule has 2 fully saturated rings. The van der Waals surface area contributed by atoms with Crippen LogP contribution in [0.1, 0.15) is 53.4 Å². The lowest BCUT2D eigenvalue weighted by Gasteiger charge is -2.55. The predicted molar refractivity (Wildman–Crippen MR) is 110 cm³/mol. The lowest BCUT2D eigenvalue weighted by Crippen LogP contribution is -2.74. The Labute approximate surface area is 216 Å². The molecule has 2 aliphatic carbocycles. The summed E-state index contributed by atoms with van der Waals surface area (Å²) in [6.45, 7) is 2.57. The fourth-order valence-electron chi connectivity index (χ4n) is 6.97. The average molecular weight is 598 g/mol. The molecule has 0 N–H and O–H groups in total. The number of hydrogen-bond donors (Lipinski definition) is 0.